The molecule has 0 unspecified atom stereocenters. The van der Waals surface area contributed by atoms with Gasteiger partial charge >= 0.3 is 12.0 Å². The van der Waals surface area contributed by atoms with Crippen LogP contribution in [0.25, 0.3) is 0 Å². The smallest absolute Gasteiger partial charge is 0.338 e. The number of hydrogen-bond donors (Lipinski definition) is 1. The molecule has 1 heterocycles. The summed E-state index contributed by atoms with van der Waals surface area (Å²) < 4.78 is 5.25. The summed E-state index contributed by atoms with van der Waals surface area (Å²) in [5.74, 6) is -0.421. The molecule has 5 nitrogen and oxygen atoms in total. The van der Waals surface area contributed by atoms with Gasteiger partial charge in [-0.15, -0.1) is 0 Å². The summed E-state index contributed by atoms with van der Waals surface area (Å²) in [6, 6.07) is 17.8. The summed E-state index contributed by atoms with van der Waals surface area (Å²) in [6.07, 6.45) is 0. The fraction of sp³-hybridized carbons (Fsp3) is 0.200. The highest BCUT2D eigenvalue weighted by molar-refractivity contribution is 6.03. The minimum absolute atomic E-state index is 0.273. The first-order valence-electron chi connectivity index (χ1n) is 8.22. The van der Waals surface area contributed by atoms with Crippen molar-refractivity contribution in [3.8, 4) is 0 Å². The average Bonchev–Trinajstić information content (AvgIpc) is 2.63. The van der Waals surface area contributed by atoms with E-state index in [1.54, 1.807) is 13.8 Å². The number of carbonyl (C=O) groups is 2. The predicted molar refractivity (Wildman–Crippen MR) is 96.0 cm³/mol. The lowest BCUT2D eigenvalue weighted by molar-refractivity contribution is -0.139. The third-order valence-corrected chi connectivity index (χ3v) is 4.13. The van der Waals surface area contributed by atoms with Crippen LogP contribution in [0.4, 0.5) is 10.5 Å². The highest BCUT2D eigenvalue weighted by Gasteiger charge is 2.36. The molecule has 1 atom stereocenters. The number of nitrogens with zero attached hydrogens (tertiary/aromatic N) is 1. The number of anilines is 1. The molecule has 2 aromatic rings. The van der Waals surface area contributed by atoms with Gasteiger partial charge in [-0.1, -0.05) is 48.5 Å². The average molecular weight is 336 g/mol. The van der Waals surface area contributed by atoms with Gasteiger partial charge in [0, 0.05) is 5.70 Å². The summed E-state index contributed by atoms with van der Waals surface area (Å²) in [4.78, 5) is 26.9. The van der Waals surface area contributed by atoms with E-state index in [0.29, 0.717) is 17.0 Å². The monoisotopic (exact) mass is 336 g/mol. The van der Waals surface area contributed by atoms with Gasteiger partial charge in [0.2, 0.25) is 0 Å². The number of esters is 1. The Kier molecular flexibility index (Phi) is 4.84. The van der Waals surface area contributed by atoms with Crippen LogP contribution in [-0.4, -0.2) is 18.6 Å². The number of ether oxygens (including phenoxy) is 1. The molecular formula is C20H20N2O3. The van der Waals surface area contributed by atoms with E-state index in [0.717, 1.165) is 5.56 Å². The maximum atomic E-state index is 12.7. The van der Waals surface area contributed by atoms with E-state index in [9.17, 15) is 9.59 Å². The van der Waals surface area contributed by atoms with Gasteiger partial charge in [-0.3, -0.25) is 4.90 Å². The highest BCUT2D eigenvalue weighted by atomic mass is 16.5. The van der Waals surface area contributed by atoms with Crippen LogP contribution in [0.1, 0.15) is 25.5 Å². The number of urea groups is 1. The lowest BCUT2D eigenvalue weighted by Crippen LogP contribution is -2.48. The van der Waals surface area contributed by atoms with Crippen molar-refractivity contribution >= 4 is 17.7 Å². The quantitative estimate of drug-likeness (QED) is 0.864. The second kappa shape index (κ2) is 7.21. The van der Waals surface area contributed by atoms with Crippen LogP contribution in [-0.2, 0) is 9.53 Å². The fourth-order valence-electron chi connectivity index (χ4n) is 3.00. The van der Waals surface area contributed by atoms with Crippen molar-refractivity contribution in [2.45, 2.75) is 19.9 Å². The Morgan fingerprint density at radius 3 is 2.28 bits per heavy atom. The number of carbonyl (C=O) groups excluding carboxylic acids is 2. The zero-order valence-corrected chi connectivity index (χ0v) is 14.2. The molecule has 0 saturated carbocycles. The molecule has 1 aliphatic rings. The van der Waals surface area contributed by atoms with Crippen molar-refractivity contribution in [1.29, 1.82) is 0 Å². The number of allylic oxidation sites excluding steroid dienone is 1. The minimum atomic E-state index is -0.535. The maximum absolute atomic E-state index is 12.7. The molecule has 128 valence electrons. The van der Waals surface area contributed by atoms with Crippen LogP contribution >= 0.6 is 0 Å². The molecule has 2 aromatic carbocycles. The normalized spacial score (nSPS) is 17.3. The first-order valence-corrected chi connectivity index (χ1v) is 8.22. The van der Waals surface area contributed by atoms with Crippen LogP contribution in [0.2, 0.25) is 0 Å². The number of para-hydroxylation sites is 1. The van der Waals surface area contributed by atoms with Crippen LogP contribution in [0.5, 0.6) is 0 Å². The maximum Gasteiger partial charge on any atom is 0.338 e. The Labute approximate surface area is 146 Å². The van der Waals surface area contributed by atoms with Gasteiger partial charge < -0.3 is 10.1 Å². The third-order valence-electron chi connectivity index (χ3n) is 4.13. The molecule has 0 fully saturated rings. The van der Waals surface area contributed by atoms with Crippen LogP contribution < -0.4 is 10.2 Å². The van der Waals surface area contributed by atoms with Crippen molar-refractivity contribution < 1.29 is 14.3 Å². The van der Waals surface area contributed by atoms with E-state index in [4.69, 9.17) is 4.74 Å². The lowest BCUT2D eigenvalue weighted by atomic mass is 9.94. The standard InChI is InChI=1S/C20H20N2O3/c1-3-25-19(23)17-14(2)22(16-12-8-5-9-13-16)20(24)21-18(17)15-10-6-4-7-11-15/h4-13,18H,3H2,1-2H3,(H,21,24)/t18-/m1/s1. The Bertz CT molecular complexity index is 800. The number of nitrogens with one attached hydrogen (secondary N) is 1. The van der Waals surface area contributed by atoms with Gasteiger partial charge in [-0.2, -0.15) is 0 Å². The lowest BCUT2D eigenvalue weighted by Gasteiger charge is -2.35. The van der Waals surface area contributed by atoms with E-state index in [-0.39, 0.29) is 12.6 Å². The first-order chi connectivity index (χ1) is 12.1. The van der Waals surface area contributed by atoms with Crippen molar-refractivity contribution in [3.05, 3.63) is 77.5 Å². The molecule has 0 radical (unpaired) electrons. The number of amides is 2. The molecule has 25 heavy (non-hydrogen) atoms. The highest BCUT2D eigenvalue weighted by Crippen LogP contribution is 2.33. The SMILES string of the molecule is CCOC(=O)C1=C(C)N(c2ccccc2)C(=O)N[C@@H]1c1ccccc1. The van der Waals surface area contributed by atoms with Gasteiger partial charge in [0.1, 0.15) is 0 Å². The fourth-order valence-corrected chi connectivity index (χ4v) is 3.00. The summed E-state index contributed by atoms with van der Waals surface area (Å²) in [5, 5.41) is 2.93. The zero-order valence-electron chi connectivity index (χ0n) is 14.2. The van der Waals surface area contributed by atoms with Crippen LogP contribution in [0, 0.1) is 0 Å². The first kappa shape index (κ1) is 16.8. The molecule has 0 bridgehead atoms. The van der Waals surface area contributed by atoms with Gasteiger partial charge in [0.05, 0.1) is 23.9 Å². The van der Waals surface area contributed by atoms with Gasteiger partial charge in [0.15, 0.2) is 0 Å². The van der Waals surface area contributed by atoms with E-state index >= 15 is 0 Å². The molecule has 1 aliphatic heterocycles. The number of benzene rings is 2. The van der Waals surface area contributed by atoms with Gasteiger partial charge in [-0.05, 0) is 31.5 Å². The van der Waals surface area contributed by atoms with E-state index in [1.807, 2.05) is 60.7 Å². The molecule has 0 aliphatic carbocycles. The molecule has 2 amide bonds. The van der Waals surface area contributed by atoms with Gasteiger partial charge in [-0.25, -0.2) is 9.59 Å². The molecule has 1 N–H and O–H groups in total. The summed E-state index contributed by atoms with van der Waals surface area (Å²) in [7, 11) is 0. The molecule has 3 rings (SSSR count). The van der Waals surface area contributed by atoms with Crippen molar-refractivity contribution in [1.82, 2.24) is 5.32 Å². The minimum Gasteiger partial charge on any atom is -0.463 e. The van der Waals surface area contributed by atoms with Crippen molar-refractivity contribution in [2.24, 2.45) is 0 Å². The van der Waals surface area contributed by atoms with Gasteiger partial charge in [0.25, 0.3) is 0 Å². The largest absolute Gasteiger partial charge is 0.463 e. The number of rotatable bonds is 4. The molecule has 0 spiro atoms. The zero-order chi connectivity index (χ0) is 17.8. The topological polar surface area (TPSA) is 58.6 Å². The predicted octanol–water partition coefficient (Wildman–Crippen LogP) is 3.79. The Balaban J connectivity index is 2.12. The second-order valence-electron chi connectivity index (χ2n) is 5.68. The van der Waals surface area contributed by atoms with E-state index < -0.39 is 12.0 Å². The Hall–Kier alpha value is -3.08. The second-order valence-corrected chi connectivity index (χ2v) is 5.68. The molecular weight excluding hydrogens is 316 g/mol. The summed E-state index contributed by atoms with van der Waals surface area (Å²) in [5.41, 5.74) is 2.55. The Morgan fingerprint density at radius 1 is 1.08 bits per heavy atom. The Morgan fingerprint density at radius 2 is 1.68 bits per heavy atom. The molecule has 0 aromatic heterocycles. The van der Waals surface area contributed by atoms with E-state index in [2.05, 4.69) is 5.32 Å². The van der Waals surface area contributed by atoms with Crippen molar-refractivity contribution in [3.63, 3.8) is 0 Å². The summed E-state index contributed by atoms with van der Waals surface area (Å²) >= 11 is 0. The van der Waals surface area contributed by atoms with Crippen LogP contribution in [0.15, 0.2) is 71.9 Å². The van der Waals surface area contributed by atoms with Crippen LogP contribution in [0.3, 0.4) is 0 Å². The molecule has 0 saturated heterocycles. The van der Waals surface area contributed by atoms with Crippen molar-refractivity contribution in [2.75, 3.05) is 11.5 Å². The number of hydrogen-bond acceptors (Lipinski definition) is 3. The van der Waals surface area contributed by atoms with E-state index in [1.165, 1.54) is 4.90 Å². The summed E-state index contributed by atoms with van der Waals surface area (Å²) in [6.45, 7) is 3.81. The third kappa shape index (κ3) is 3.26. The molecule has 5 heteroatoms.